The van der Waals surface area contributed by atoms with Crippen molar-refractivity contribution in [2.75, 3.05) is 6.61 Å². The van der Waals surface area contributed by atoms with E-state index >= 15 is 0 Å². The highest BCUT2D eigenvalue weighted by atomic mass is 19.1. The molecule has 0 saturated carbocycles. The molecule has 0 aliphatic heterocycles. The molecule has 0 aliphatic rings. The molecule has 98 valence electrons. The van der Waals surface area contributed by atoms with Gasteiger partial charge in [-0.05, 0) is 31.4 Å². The van der Waals surface area contributed by atoms with Crippen molar-refractivity contribution in [3.63, 3.8) is 0 Å². The highest BCUT2D eigenvalue weighted by Crippen LogP contribution is 2.22. The van der Waals surface area contributed by atoms with E-state index < -0.39 is 0 Å². The largest absolute Gasteiger partial charge is 0.466 e. The third-order valence-electron chi connectivity index (χ3n) is 2.70. The number of esters is 1. The normalized spacial score (nSPS) is 11.9. The van der Waals surface area contributed by atoms with E-state index in [4.69, 9.17) is 4.74 Å². The highest BCUT2D eigenvalue weighted by Gasteiger charge is 2.06. The van der Waals surface area contributed by atoms with Crippen LogP contribution in [0.1, 0.15) is 38.7 Å². The van der Waals surface area contributed by atoms with Crippen molar-refractivity contribution < 1.29 is 13.9 Å². The summed E-state index contributed by atoms with van der Waals surface area (Å²) in [5, 5.41) is 0. The van der Waals surface area contributed by atoms with Crippen LogP contribution in [-0.2, 0) is 9.53 Å². The lowest BCUT2D eigenvalue weighted by atomic mass is 10.0. The van der Waals surface area contributed by atoms with Gasteiger partial charge in [0.2, 0.25) is 0 Å². The first kappa shape index (κ1) is 14.4. The Morgan fingerprint density at radius 2 is 1.89 bits per heavy atom. The lowest BCUT2D eigenvalue weighted by Crippen LogP contribution is -2.03. The van der Waals surface area contributed by atoms with Crippen LogP contribution in [0.4, 0.5) is 4.39 Å². The molecule has 0 amide bonds. The van der Waals surface area contributed by atoms with Crippen LogP contribution in [-0.4, -0.2) is 12.6 Å². The van der Waals surface area contributed by atoms with Gasteiger partial charge in [-0.15, -0.1) is 0 Å². The van der Waals surface area contributed by atoms with Crippen LogP contribution in [0.15, 0.2) is 36.2 Å². The number of rotatable bonds is 6. The first-order valence-corrected chi connectivity index (χ1v) is 6.21. The van der Waals surface area contributed by atoms with Gasteiger partial charge in [-0.3, -0.25) is 4.79 Å². The number of allylic oxidation sites excluding steroid dienone is 2. The zero-order valence-electron chi connectivity index (χ0n) is 10.9. The smallest absolute Gasteiger partial charge is 0.305 e. The molecule has 3 heteroatoms. The van der Waals surface area contributed by atoms with Gasteiger partial charge in [-0.25, -0.2) is 4.39 Å². The summed E-state index contributed by atoms with van der Waals surface area (Å²) in [7, 11) is 0. The first-order valence-electron chi connectivity index (χ1n) is 6.21. The summed E-state index contributed by atoms with van der Waals surface area (Å²) < 4.78 is 18.6. The van der Waals surface area contributed by atoms with Gasteiger partial charge in [-0.2, -0.15) is 0 Å². The number of benzene rings is 1. The third-order valence-corrected chi connectivity index (χ3v) is 2.70. The molecule has 0 radical (unpaired) electrons. The lowest BCUT2D eigenvalue weighted by molar-refractivity contribution is -0.143. The second kappa shape index (κ2) is 7.64. The van der Waals surface area contributed by atoms with Crippen molar-refractivity contribution in [2.24, 2.45) is 0 Å². The van der Waals surface area contributed by atoms with E-state index in [1.54, 1.807) is 13.8 Å². The Bertz CT molecular complexity index is 410. The highest BCUT2D eigenvalue weighted by molar-refractivity contribution is 5.69. The molecule has 1 rings (SSSR count). The SMILES string of the molecule is CCOC(=O)CCC/C(F)=C(\C)c1ccccc1. The number of halogens is 1. The Morgan fingerprint density at radius 1 is 1.22 bits per heavy atom. The second-order valence-corrected chi connectivity index (χ2v) is 4.05. The molecule has 18 heavy (non-hydrogen) atoms. The van der Waals surface area contributed by atoms with E-state index in [1.807, 2.05) is 30.3 Å². The van der Waals surface area contributed by atoms with Crippen molar-refractivity contribution in [3.05, 3.63) is 41.7 Å². The van der Waals surface area contributed by atoms with E-state index in [9.17, 15) is 9.18 Å². The Kier molecular flexibility index (Phi) is 6.12. The van der Waals surface area contributed by atoms with Gasteiger partial charge in [0.15, 0.2) is 0 Å². The Morgan fingerprint density at radius 3 is 2.50 bits per heavy atom. The topological polar surface area (TPSA) is 26.3 Å². The molecular weight excluding hydrogens is 231 g/mol. The van der Waals surface area contributed by atoms with E-state index in [-0.39, 0.29) is 24.6 Å². The van der Waals surface area contributed by atoms with E-state index in [0.717, 1.165) is 5.56 Å². The van der Waals surface area contributed by atoms with E-state index in [2.05, 4.69) is 0 Å². The number of hydrogen-bond donors (Lipinski definition) is 0. The Labute approximate surface area is 107 Å². The van der Waals surface area contributed by atoms with Gasteiger partial charge in [0.05, 0.1) is 6.61 Å². The predicted molar refractivity (Wildman–Crippen MR) is 70.6 cm³/mol. The Hall–Kier alpha value is -1.64. The van der Waals surface area contributed by atoms with Crippen molar-refractivity contribution >= 4 is 11.5 Å². The molecular formula is C15H19FO2. The summed E-state index contributed by atoms with van der Waals surface area (Å²) >= 11 is 0. The van der Waals surface area contributed by atoms with Crippen LogP contribution >= 0.6 is 0 Å². The molecule has 1 aromatic carbocycles. The minimum absolute atomic E-state index is 0.162. The monoisotopic (exact) mass is 250 g/mol. The summed E-state index contributed by atoms with van der Waals surface area (Å²) in [5.41, 5.74) is 1.52. The molecule has 0 N–H and O–H groups in total. The zero-order chi connectivity index (χ0) is 13.4. The van der Waals surface area contributed by atoms with Crippen LogP contribution in [0.2, 0.25) is 0 Å². The molecule has 0 atom stereocenters. The molecule has 0 fully saturated rings. The van der Waals surface area contributed by atoms with Crippen LogP contribution in [0.25, 0.3) is 5.57 Å². The molecule has 2 nitrogen and oxygen atoms in total. The molecule has 0 spiro atoms. The van der Waals surface area contributed by atoms with Gasteiger partial charge in [-0.1, -0.05) is 30.3 Å². The molecule has 1 aromatic rings. The number of hydrogen-bond acceptors (Lipinski definition) is 2. The first-order chi connectivity index (χ1) is 8.65. The molecule has 0 aromatic heterocycles. The fourth-order valence-electron chi connectivity index (χ4n) is 1.65. The summed E-state index contributed by atoms with van der Waals surface area (Å²) in [4.78, 5) is 11.1. The maximum absolute atomic E-state index is 13.8. The quantitative estimate of drug-likeness (QED) is 0.710. The van der Waals surface area contributed by atoms with Crippen LogP contribution in [0, 0.1) is 0 Å². The maximum Gasteiger partial charge on any atom is 0.305 e. The molecule has 0 unspecified atom stereocenters. The van der Waals surface area contributed by atoms with Gasteiger partial charge >= 0.3 is 5.97 Å². The van der Waals surface area contributed by atoms with Gasteiger partial charge in [0.1, 0.15) is 5.83 Å². The summed E-state index contributed by atoms with van der Waals surface area (Å²) in [6.45, 7) is 3.90. The maximum atomic E-state index is 13.8. The minimum Gasteiger partial charge on any atom is -0.466 e. The van der Waals surface area contributed by atoms with Crippen LogP contribution in [0.5, 0.6) is 0 Å². The minimum atomic E-state index is -0.261. The standard InChI is InChI=1S/C15H19FO2/c1-3-18-15(17)11-7-10-14(16)12(2)13-8-5-4-6-9-13/h4-6,8-9H,3,7,10-11H2,1-2H3/b14-12-. The van der Waals surface area contributed by atoms with Crippen molar-refractivity contribution in [2.45, 2.75) is 33.1 Å². The molecule has 0 bridgehead atoms. The van der Waals surface area contributed by atoms with E-state index in [0.29, 0.717) is 18.6 Å². The average molecular weight is 250 g/mol. The van der Waals surface area contributed by atoms with Crippen LogP contribution in [0.3, 0.4) is 0 Å². The number of carbonyl (C=O) groups is 1. The number of carbonyl (C=O) groups excluding carboxylic acids is 1. The number of ether oxygens (including phenoxy) is 1. The lowest BCUT2D eigenvalue weighted by Gasteiger charge is -2.05. The zero-order valence-corrected chi connectivity index (χ0v) is 10.9. The average Bonchev–Trinajstić information content (AvgIpc) is 2.39. The third kappa shape index (κ3) is 4.70. The predicted octanol–water partition coefficient (Wildman–Crippen LogP) is 4.12. The van der Waals surface area contributed by atoms with Crippen LogP contribution < -0.4 is 0 Å². The van der Waals surface area contributed by atoms with Gasteiger partial charge in [0.25, 0.3) is 0 Å². The van der Waals surface area contributed by atoms with Crippen molar-refractivity contribution in [3.8, 4) is 0 Å². The molecule has 0 saturated heterocycles. The molecule has 0 heterocycles. The van der Waals surface area contributed by atoms with Gasteiger partial charge in [0, 0.05) is 12.8 Å². The summed E-state index contributed by atoms with van der Waals surface area (Å²) in [6, 6.07) is 9.41. The Balaban J connectivity index is 2.49. The van der Waals surface area contributed by atoms with Crippen molar-refractivity contribution in [1.82, 2.24) is 0 Å². The summed E-state index contributed by atoms with van der Waals surface area (Å²) in [6.07, 6.45) is 1.03. The van der Waals surface area contributed by atoms with Gasteiger partial charge < -0.3 is 4.74 Å². The second-order valence-electron chi connectivity index (χ2n) is 4.05. The summed E-state index contributed by atoms with van der Waals surface area (Å²) in [5.74, 6) is -0.423. The van der Waals surface area contributed by atoms with Crippen molar-refractivity contribution in [1.29, 1.82) is 0 Å². The fourth-order valence-corrected chi connectivity index (χ4v) is 1.65. The fraction of sp³-hybridized carbons (Fsp3) is 0.400. The van der Waals surface area contributed by atoms with E-state index in [1.165, 1.54) is 0 Å². The molecule has 0 aliphatic carbocycles.